The fourth-order valence-electron chi connectivity index (χ4n) is 8.71. The fraction of sp³-hybridized carbons (Fsp3) is 0.0727. The number of rotatable bonds is 10. The summed E-state index contributed by atoms with van der Waals surface area (Å²) in [5.41, 5.74) is 6.53. The number of methoxy groups -OCH3 is 2. The van der Waals surface area contributed by atoms with Gasteiger partial charge in [-0.15, -0.1) is 15.3 Å². The first kappa shape index (κ1) is 41.2. The van der Waals surface area contributed by atoms with Gasteiger partial charge in [-0.25, -0.2) is 0 Å². The summed E-state index contributed by atoms with van der Waals surface area (Å²) in [6, 6.07) is 52.5. The molecule has 0 aliphatic heterocycles. The second-order valence-corrected chi connectivity index (χ2v) is 15.8. The number of ether oxygens (including phenoxy) is 2. The van der Waals surface area contributed by atoms with Crippen molar-refractivity contribution in [2.24, 2.45) is 20.5 Å². The van der Waals surface area contributed by atoms with Crippen molar-refractivity contribution < 1.29 is 23.9 Å². The van der Waals surface area contributed by atoms with E-state index in [4.69, 9.17) is 24.8 Å². The number of fused-ring (bicyclic) bond motifs is 4. The van der Waals surface area contributed by atoms with Crippen molar-refractivity contribution in [3.63, 3.8) is 0 Å². The van der Waals surface area contributed by atoms with Crippen LogP contribution in [0.25, 0.3) is 43.4 Å². The monoisotopic (exact) mass is 864 g/mol. The van der Waals surface area contributed by atoms with Crippen LogP contribution in [-0.4, -0.2) is 45.9 Å². The van der Waals surface area contributed by atoms with Crippen LogP contribution in [0.5, 0.6) is 11.5 Å². The number of hydrogen-bond acceptors (Lipinski definition) is 9. The molecule has 0 aromatic heterocycles. The van der Waals surface area contributed by atoms with Crippen LogP contribution in [0.1, 0.15) is 36.6 Å². The predicted molar refractivity (Wildman–Crippen MR) is 261 cm³/mol. The van der Waals surface area contributed by atoms with Crippen molar-refractivity contribution in [3.05, 3.63) is 192 Å². The SMILES string of the molecule is COc1c(C(=O)N(C)c2ccccc2)cc2ccccc2c1N=Nc1ccc2c(c1)C(=O)c1cccc3c(N=Nc4c(OC)c(C(=O)N(C)c5ccccc5)cc5ccccc45)ccc-2c13. The van der Waals surface area contributed by atoms with Gasteiger partial charge in [0.15, 0.2) is 17.3 Å². The summed E-state index contributed by atoms with van der Waals surface area (Å²) in [5.74, 6) is -0.108. The number of azo groups is 2. The Kier molecular flexibility index (Phi) is 10.6. The smallest absolute Gasteiger partial charge is 0.261 e. The summed E-state index contributed by atoms with van der Waals surface area (Å²) in [6.45, 7) is 0. The molecule has 11 nitrogen and oxygen atoms in total. The zero-order valence-corrected chi connectivity index (χ0v) is 36.4. The van der Waals surface area contributed by atoms with Crippen molar-refractivity contribution >= 4 is 84.0 Å². The van der Waals surface area contributed by atoms with Crippen LogP contribution in [0.2, 0.25) is 0 Å². The molecule has 1 aliphatic rings. The van der Waals surface area contributed by atoms with Gasteiger partial charge in [0.2, 0.25) is 0 Å². The predicted octanol–water partition coefficient (Wildman–Crippen LogP) is 13.8. The van der Waals surface area contributed by atoms with Gasteiger partial charge in [-0.2, -0.15) is 5.11 Å². The van der Waals surface area contributed by atoms with Crippen LogP contribution in [0.3, 0.4) is 0 Å². The Morgan fingerprint density at radius 1 is 0.455 bits per heavy atom. The minimum atomic E-state index is -0.265. The number of nitrogens with zero attached hydrogens (tertiary/aromatic N) is 6. The molecule has 0 bridgehead atoms. The largest absolute Gasteiger partial charge is 0.494 e. The van der Waals surface area contributed by atoms with Gasteiger partial charge >= 0.3 is 0 Å². The molecule has 9 aromatic carbocycles. The van der Waals surface area contributed by atoms with E-state index in [-0.39, 0.29) is 23.3 Å². The van der Waals surface area contributed by atoms with Crippen LogP contribution >= 0.6 is 0 Å². The van der Waals surface area contributed by atoms with Crippen LogP contribution < -0.4 is 19.3 Å². The Labute approximate surface area is 379 Å². The summed E-state index contributed by atoms with van der Waals surface area (Å²) in [5, 5.41) is 23.5. The highest BCUT2D eigenvalue weighted by atomic mass is 16.5. The van der Waals surface area contributed by atoms with Crippen molar-refractivity contribution in [3.8, 4) is 22.6 Å². The second-order valence-electron chi connectivity index (χ2n) is 15.8. The fourth-order valence-corrected chi connectivity index (χ4v) is 8.71. The Morgan fingerprint density at radius 3 is 1.52 bits per heavy atom. The number of benzene rings is 9. The zero-order valence-electron chi connectivity index (χ0n) is 36.4. The lowest BCUT2D eigenvalue weighted by molar-refractivity contribution is 0.0982. The van der Waals surface area contributed by atoms with Gasteiger partial charge in [0.05, 0.1) is 36.7 Å². The van der Waals surface area contributed by atoms with Gasteiger partial charge < -0.3 is 19.3 Å². The third-order valence-electron chi connectivity index (χ3n) is 12.0. The lowest BCUT2D eigenvalue weighted by Crippen LogP contribution is -2.26. The van der Waals surface area contributed by atoms with E-state index in [2.05, 4.69) is 5.11 Å². The minimum Gasteiger partial charge on any atom is -0.494 e. The number of amides is 2. The van der Waals surface area contributed by atoms with Crippen LogP contribution in [0.4, 0.5) is 34.1 Å². The lowest BCUT2D eigenvalue weighted by atomic mass is 9.82. The molecule has 0 radical (unpaired) electrons. The maximum Gasteiger partial charge on any atom is 0.261 e. The molecule has 320 valence electrons. The maximum absolute atomic E-state index is 14.4. The number of para-hydroxylation sites is 2. The van der Waals surface area contributed by atoms with Gasteiger partial charge in [-0.3, -0.25) is 14.4 Å². The molecule has 10 rings (SSSR count). The molecular formula is C55H40N6O5. The number of hydrogen-bond donors (Lipinski definition) is 0. The molecule has 0 unspecified atom stereocenters. The highest BCUT2D eigenvalue weighted by Crippen LogP contribution is 2.46. The summed E-state index contributed by atoms with van der Waals surface area (Å²) in [4.78, 5) is 45.6. The van der Waals surface area contributed by atoms with E-state index in [1.54, 1.807) is 30.0 Å². The molecule has 66 heavy (non-hydrogen) atoms. The quantitative estimate of drug-likeness (QED) is 0.127. The van der Waals surface area contributed by atoms with E-state index in [0.717, 1.165) is 54.8 Å². The topological polar surface area (TPSA) is 126 Å². The van der Waals surface area contributed by atoms with Crippen LogP contribution in [0, 0.1) is 0 Å². The van der Waals surface area contributed by atoms with Gasteiger partial charge in [0.1, 0.15) is 11.4 Å². The summed E-state index contributed by atoms with van der Waals surface area (Å²) >= 11 is 0. The molecule has 0 atom stereocenters. The van der Waals surface area contributed by atoms with E-state index in [1.807, 2.05) is 164 Å². The molecule has 0 fully saturated rings. The molecular weight excluding hydrogens is 825 g/mol. The van der Waals surface area contributed by atoms with E-state index in [1.165, 1.54) is 14.2 Å². The average molecular weight is 865 g/mol. The van der Waals surface area contributed by atoms with Crippen molar-refractivity contribution in [1.82, 2.24) is 0 Å². The average Bonchev–Trinajstić information content (AvgIpc) is 3.37. The van der Waals surface area contributed by atoms with Crippen molar-refractivity contribution in [2.75, 3.05) is 38.1 Å². The first-order valence-corrected chi connectivity index (χ1v) is 21.2. The van der Waals surface area contributed by atoms with Gasteiger partial charge in [-0.1, -0.05) is 115 Å². The van der Waals surface area contributed by atoms with Gasteiger partial charge in [0.25, 0.3) is 11.8 Å². The summed E-state index contributed by atoms with van der Waals surface area (Å²) < 4.78 is 11.8. The van der Waals surface area contributed by atoms with E-state index in [0.29, 0.717) is 50.8 Å². The molecule has 11 heteroatoms. The Hall–Kier alpha value is -8.83. The Bertz CT molecular complexity index is 3500. The number of ketones is 1. The van der Waals surface area contributed by atoms with Crippen molar-refractivity contribution in [1.29, 1.82) is 0 Å². The van der Waals surface area contributed by atoms with E-state index >= 15 is 0 Å². The molecule has 0 saturated carbocycles. The van der Waals surface area contributed by atoms with Crippen LogP contribution in [-0.2, 0) is 0 Å². The molecule has 1 aliphatic carbocycles. The molecule has 0 saturated heterocycles. The highest BCUT2D eigenvalue weighted by Gasteiger charge is 2.28. The third-order valence-corrected chi connectivity index (χ3v) is 12.0. The number of carbonyl (C=O) groups excluding carboxylic acids is 3. The molecule has 0 N–H and O–H groups in total. The molecule has 9 aromatic rings. The summed E-state index contributed by atoms with van der Waals surface area (Å²) in [6.07, 6.45) is 0. The van der Waals surface area contributed by atoms with Crippen molar-refractivity contribution in [2.45, 2.75) is 0 Å². The lowest BCUT2D eigenvalue weighted by Gasteiger charge is -2.21. The standard InChI is InChI=1S/C55H40N6O5/c1-60(36-18-7-5-8-19-36)54(63)45-30-33-16-11-13-22-38(33)49(52(45)65-3)58-56-35-26-27-40-41-28-29-47(42-24-15-25-43(48(41)42)51(62)44(40)32-35)57-59-50-39-23-14-12-17-34(39)31-46(53(50)66-4)55(64)61(2)37-20-9-6-10-21-37/h5-32H,1-4H3. The third kappa shape index (κ3) is 7.08. The number of carbonyl (C=O) groups is 3. The van der Waals surface area contributed by atoms with Gasteiger partial charge in [0, 0.05) is 58.1 Å². The Morgan fingerprint density at radius 2 is 0.955 bits per heavy atom. The molecule has 0 heterocycles. The van der Waals surface area contributed by atoms with E-state index in [9.17, 15) is 14.4 Å². The van der Waals surface area contributed by atoms with Crippen LogP contribution in [0.15, 0.2) is 190 Å². The zero-order chi connectivity index (χ0) is 45.5. The normalized spacial score (nSPS) is 12.0. The molecule has 2 amide bonds. The summed E-state index contributed by atoms with van der Waals surface area (Å²) in [7, 11) is 6.48. The van der Waals surface area contributed by atoms with Gasteiger partial charge in [-0.05, 0) is 76.5 Å². The maximum atomic E-state index is 14.4. The van der Waals surface area contributed by atoms with E-state index < -0.39 is 0 Å². The first-order chi connectivity index (χ1) is 32.2. The first-order valence-electron chi connectivity index (χ1n) is 21.2. The minimum absolute atomic E-state index is 0.171. The molecule has 0 spiro atoms. The highest BCUT2D eigenvalue weighted by molar-refractivity contribution is 6.27. The number of anilines is 2. The second kappa shape index (κ2) is 17.0. The Balaban J connectivity index is 1.01.